The van der Waals surface area contributed by atoms with Crippen LogP contribution in [-0.4, -0.2) is 32.6 Å². The average molecular weight is 466 g/mol. The van der Waals surface area contributed by atoms with E-state index in [0.29, 0.717) is 12.1 Å². The summed E-state index contributed by atoms with van der Waals surface area (Å²) in [5.41, 5.74) is 1.67. The zero-order valence-electron chi connectivity index (χ0n) is 19.7. The fraction of sp³-hybridized carbons (Fsp3) is 0.714. The third kappa shape index (κ3) is 3.12. The van der Waals surface area contributed by atoms with Crippen LogP contribution >= 0.6 is 11.6 Å². The molecule has 0 amide bonds. The van der Waals surface area contributed by atoms with E-state index in [1.165, 1.54) is 51.4 Å². The van der Waals surface area contributed by atoms with Gasteiger partial charge < -0.3 is 4.57 Å². The molecule has 5 fully saturated rings. The third-order valence-corrected chi connectivity index (χ3v) is 10.8. The molecule has 2 saturated heterocycles. The lowest BCUT2D eigenvalue weighted by atomic mass is 9.61. The normalized spacial score (nSPS) is 42.2. The number of fused-ring (bicyclic) bond motifs is 4. The molecule has 4 nitrogen and oxygen atoms in total. The maximum Gasteiger partial charge on any atom is 0.288 e. The summed E-state index contributed by atoms with van der Waals surface area (Å²) in [7, 11) is 0. The summed E-state index contributed by atoms with van der Waals surface area (Å²) in [6.07, 6.45) is 13.4. The van der Waals surface area contributed by atoms with Gasteiger partial charge in [0.25, 0.3) is 5.56 Å². The van der Waals surface area contributed by atoms with Gasteiger partial charge in [-0.15, -0.1) is 0 Å². The van der Waals surface area contributed by atoms with Crippen LogP contribution < -0.4 is 5.56 Å². The van der Waals surface area contributed by atoms with Crippen molar-refractivity contribution in [3.63, 3.8) is 0 Å². The molecule has 5 heteroatoms. The molecule has 3 heterocycles. The van der Waals surface area contributed by atoms with Crippen molar-refractivity contribution in [2.45, 2.75) is 95.3 Å². The van der Waals surface area contributed by atoms with Crippen molar-refractivity contribution >= 4 is 22.6 Å². The minimum absolute atomic E-state index is 0.107. The van der Waals surface area contributed by atoms with E-state index in [9.17, 15) is 4.79 Å². The number of nitrogens with zero attached hydrogens (tertiary/aromatic N) is 3. The van der Waals surface area contributed by atoms with E-state index in [1.54, 1.807) is 0 Å². The molecule has 0 N–H and O–H groups in total. The average Bonchev–Trinajstić information content (AvgIpc) is 2.98. The van der Waals surface area contributed by atoms with E-state index in [4.69, 9.17) is 11.6 Å². The number of rotatable bonds is 3. The molecule has 3 saturated carbocycles. The summed E-state index contributed by atoms with van der Waals surface area (Å²) in [4.78, 5) is 20.6. The predicted octanol–water partition coefficient (Wildman–Crippen LogP) is 6.07. The Morgan fingerprint density at radius 3 is 2.39 bits per heavy atom. The quantitative estimate of drug-likeness (QED) is 0.552. The van der Waals surface area contributed by atoms with Gasteiger partial charge in [0.05, 0.1) is 11.0 Å². The largest absolute Gasteiger partial charge is 0.301 e. The molecule has 0 radical (unpaired) electrons. The first-order valence-corrected chi connectivity index (χ1v) is 13.9. The zero-order valence-corrected chi connectivity index (χ0v) is 20.5. The highest BCUT2D eigenvalue weighted by molar-refractivity contribution is 6.29. The molecule has 8 unspecified atom stereocenters. The fourth-order valence-electron chi connectivity index (χ4n) is 9.57. The number of piperidine rings is 2. The van der Waals surface area contributed by atoms with Crippen molar-refractivity contribution in [3.8, 4) is 0 Å². The number of aromatic nitrogens is 2. The Balaban J connectivity index is 1.20. The van der Waals surface area contributed by atoms with Crippen molar-refractivity contribution in [3.05, 3.63) is 39.8 Å². The van der Waals surface area contributed by atoms with Crippen LogP contribution in [0.1, 0.15) is 77.2 Å². The van der Waals surface area contributed by atoms with Crippen molar-refractivity contribution in [2.24, 2.45) is 29.6 Å². The van der Waals surface area contributed by atoms with Gasteiger partial charge >= 0.3 is 0 Å². The Bertz CT molecular complexity index is 1120. The van der Waals surface area contributed by atoms with Crippen LogP contribution in [-0.2, 0) is 0 Å². The van der Waals surface area contributed by atoms with Gasteiger partial charge in [0.1, 0.15) is 0 Å². The molecule has 2 aliphatic heterocycles. The minimum atomic E-state index is -0.107. The maximum absolute atomic E-state index is 13.2. The molecule has 0 spiro atoms. The second-order valence-corrected chi connectivity index (χ2v) is 12.3. The Morgan fingerprint density at radius 1 is 0.909 bits per heavy atom. The van der Waals surface area contributed by atoms with Gasteiger partial charge in [-0.25, -0.2) is 4.98 Å². The minimum Gasteiger partial charge on any atom is -0.301 e. The monoisotopic (exact) mass is 465 g/mol. The van der Waals surface area contributed by atoms with Crippen LogP contribution in [0.25, 0.3) is 11.0 Å². The lowest BCUT2D eigenvalue weighted by Gasteiger charge is -2.54. The van der Waals surface area contributed by atoms with Gasteiger partial charge in [-0.3, -0.25) is 9.69 Å². The van der Waals surface area contributed by atoms with Crippen molar-refractivity contribution < 1.29 is 0 Å². The molecular weight excluding hydrogens is 430 g/mol. The lowest BCUT2D eigenvalue weighted by molar-refractivity contribution is -0.0442. The van der Waals surface area contributed by atoms with Gasteiger partial charge in [-0.05, 0) is 93.1 Å². The molecule has 3 aliphatic carbocycles. The Labute approximate surface area is 201 Å². The zero-order chi connectivity index (χ0) is 22.3. The second-order valence-electron chi connectivity index (χ2n) is 11.9. The van der Waals surface area contributed by atoms with Crippen LogP contribution in [0.4, 0.5) is 0 Å². The first-order valence-electron chi connectivity index (χ1n) is 13.6. The van der Waals surface area contributed by atoms with Gasteiger partial charge in [0, 0.05) is 24.2 Å². The predicted molar refractivity (Wildman–Crippen MR) is 133 cm³/mol. The molecule has 1 aromatic carbocycles. The molecule has 4 bridgehead atoms. The van der Waals surface area contributed by atoms with E-state index >= 15 is 0 Å². The molecule has 33 heavy (non-hydrogen) atoms. The van der Waals surface area contributed by atoms with Crippen LogP contribution in [0.3, 0.4) is 0 Å². The smallest absolute Gasteiger partial charge is 0.288 e. The molecule has 7 rings (SSSR count). The summed E-state index contributed by atoms with van der Waals surface area (Å²) >= 11 is 6.33. The van der Waals surface area contributed by atoms with E-state index in [1.807, 2.05) is 28.8 Å². The SMILES string of the molecule is CCC1C2CC3CC(CC(N4C5CCCC4CC(n4c(=O)c(Cl)nc6ccccc64)C5)C2)C31. The Kier molecular flexibility index (Phi) is 4.96. The first-order chi connectivity index (χ1) is 16.1. The lowest BCUT2D eigenvalue weighted by Crippen LogP contribution is -2.58. The molecule has 176 valence electrons. The molecule has 8 atom stereocenters. The van der Waals surface area contributed by atoms with E-state index in [-0.39, 0.29) is 16.8 Å². The van der Waals surface area contributed by atoms with Crippen molar-refractivity contribution in [1.29, 1.82) is 0 Å². The highest BCUT2D eigenvalue weighted by Crippen LogP contribution is 2.63. The number of halogens is 1. The van der Waals surface area contributed by atoms with Gasteiger partial charge in [0.2, 0.25) is 0 Å². The number of para-hydroxylation sites is 2. The fourth-order valence-corrected chi connectivity index (χ4v) is 9.76. The summed E-state index contributed by atoms with van der Waals surface area (Å²) in [6.45, 7) is 2.44. The van der Waals surface area contributed by atoms with E-state index < -0.39 is 0 Å². The molecule has 1 aromatic heterocycles. The van der Waals surface area contributed by atoms with E-state index in [2.05, 4.69) is 16.8 Å². The second kappa shape index (κ2) is 7.81. The van der Waals surface area contributed by atoms with Crippen LogP contribution in [0, 0.1) is 29.6 Å². The number of hydrogen-bond acceptors (Lipinski definition) is 3. The maximum atomic E-state index is 13.2. The van der Waals surface area contributed by atoms with Crippen molar-refractivity contribution in [1.82, 2.24) is 14.5 Å². The highest BCUT2D eigenvalue weighted by atomic mass is 35.5. The molecule has 5 aliphatic rings. The van der Waals surface area contributed by atoms with Gasteiger partial charge in [-0.2, -0.15) is 0 Å². The Morgan fingerprint density at radius 2 is 1.61 bits per heavy atom. The van der Waals surface area contributed by atoms with Gasteiger partial charge in [0.15, 0.2) is 5.15 Å². The molecule has 2 aromatic rings. The first kappa shape index (κ1) is 20.9. The van der Waals surface area contributed by atoms with Crippen LogP contribution in [0.2, 0.25) is 5.15 Å². The van der Waals surface area contributed by atoms with Gasteiger partial charge in [-0.1, -0.05) is 43.5 Å². The number of benzene rings is 1. The summed E-state index contributed by atoms with van der Waals surface area (Å²) in [6, 6.07) is 10.2. The standard InChI is InChI=1S/C28H36ClN3O/c1-2-23-16-10-17-11-18(26(17)23)13-21(12-16)31-19-6-5-7-20(31)15-22(14-19)32-25-9-4-3-8-24(25)30-27(29)28(32)33/h3-4,8-9,16-23,26H,2,5-7,10-15H2,1H3. The summed E-state index contributed by atoms with van der Waals surface area (Å²) in [5, 5.41) is 0.117. The highest BCUT2D eigenvalue weighted by Gasteiger charge is 2.57. The summed E-state index contributed by atoms with van der Waals surface area (Å²) < 4.78 is 2.01. The Hall–Kier alpha value is -1.39. The molecular formula is C28H36ClN3O. The van der Waals surface area contributed by atoms with E-state index in [0.717, 1.165) is 59.5 Å². The van der Waals surface area contributed by atoms with Crippen LogP contribution in [0.15, 0.2) is 29.1 Å². The summed E-state index contributed by atoms with van der Waals surface area (Å²) in [5.74, 6) is 5.06. The van der Waals surface area contributed by atoms with Crippen molar-refractivity contribution in [2.75, 3.05) is 0 Å². The topological polar surface area (TPSA) is 38.1 Å². The third-order valence-electron chi connectivity index (χ3n) is 10.6. The van der Waals surface area contributed by atoms with Crippen LogP contribution in [0.5, 0.6) is 0 Å². The number of hydrogen-bond donors (Lipinski definition) is 0.